The number of aromatic nitrogens is 1. The lowest BCUT2D eigenvalue weighted by Crippen LogP contribution is -2.30. The molecule has 4 nitrogen and oxygen atoms in total. The number of hydrogen-bond acceptors (Lipinski definition) is 4. The van der Waals surface area contributed by atoms with Crippen LogP contribution in [0.5, 0.6) is 5.75 Å². The van der Waals surface area contributed by atoms with Crippen molar-refractivity contribution in [3.63, 3.8) is 0 Å². The van der Waals surface area contributed by atoms with Crippen molar-refractivity contribution in [3.8, 4) is 5.75 Å². The van der Waals surface area contributed by atoms with Gasteiger partial charge in [-0.3, -0.25) is 9.88 Å². The number of ether oxygens (including phenoxy) is 1. The Balaban J connectivity index is 2.54. The predicted molar refractivity (Wildman–Crippen MR) is 67.9 cm³/mol. The van der Waals surface area contributed by atoms with Gasteiger partial charge in [-0.25, -0.2) is 0 Å². The molecular formula is C13H22N2O2. The molecule has 1 heterocycles. The summed E-state index contributed by atoms with van der Waals surface area (Å²) >= 11 is 0. The molecule has 0 aliphatic heterocycles. The Morgan fingerprint density at radius 1 is 1.41 bits per heavy atom. The molecule has 96 valence electrons. The van der Waals surface area contributed by atoms with Gasteiger partial charge in [-0.1, -0.05) is 13.8 Å². The summed E-state index contributed by atoms with van der Waals surface area (Å²) < 4.78 is 5.11. The van der Waals surface area contributed by atoms with E-state index in [1.54, 1.807) is 13.2 Å². The Labute approximate surface area is 103 Å². The highest BCUT2D eigenvalue weighted by atomic mass is 16.5. The second-order valence-electron chi connectivity index (χ2n) is 4.63. The maximum absolute atomic E-state index is 9.18. The maximum atomic E-state index is 9.18. The largest absolute Gasteiger partial charge is 0.506 e. The molecule has 0 atom stereocenters. The van der Waals surface area contributed by atoms with Crippen LogP contribution in [0.3, 0.4) is 0 Å². The fourth-order valence-electron chi connectivity index (χ4n) is 1.71. The van der Waals surface area contributed by atoms with Gasteiger partial charge in [-0.15, -0.1) is 0 Å². The second-order valence-corrected chi connectivity index (χ2v) is 4.63. The van der Waals surface area contributed by atoms with Crippen LogP contribution in [0, 0.1) is 5.92 Å². The topological polar surface area (TPSA) is 45.6 Å². The van der Waals surface area contributed by atoms with Gasteiger partial charge in [0.25, 0.3) is 0 Å². The number of aromatic hydroxyl groups is 1. The molecule has 0 saturated heterocycles. The molecule has 1 N–H and O–H groups in total. The normalized spacial score (nSPS) is 11.4. The summed E-state index contributed by atoms with van der Waals surface area (Å²) in [6.07, 6.45) is 1.49. The first-order valence-electron chi connectivity index (χ1n) is 5.97. The molecular weight excluding hydrogens is 216 g/mol. The molecule has 1 rings (SSSR count). The van der Waals surface area contributed by atoms with Gasteiger partial charge in [0.05, 0.1) is 18.5 Å². The first-order chi connectivity index (χ1) is 8.11. The lowest BCUT2D eigenvalue weighted by Gasteiger charge is -2.23. The van der Waals surface area contributed by atoms with Gasteiger partial charge in [-0.2, -0.15) is 0 Å². The van der Waals surface area contributed by atoms with Crippen molar-refractivity contribution in [2.75, 3.05) is 26.8 Å². The van der Waals surface area contributed by atoms with Gasteiger partial charge in [-0.05, 0) is 18.1 Å². The molecule has 0 radical (unpaired) electrons. The van der Waals surface area contributed by atoms with Crippen molar-refractivity contribution in [3.05, 3.63) is 24.0 Å². The summed E-state index contributed by atoms with van der Waals surface area (Å²) in [5, 5.41) is 9.18. The number of hydrogen-bond donors (Lipinski definition) is 1. The molecule has 0 aliphatic carbocycles. The molecule has 4 heteroatoms. The minimum Gasteiger partial charge on any atom is -0.506 e. The van der Waals surface area contributed by atoms with Crippen LogP contribution in [0.4, 0.5) is 0 Å². The lowest BCUT2D eigenvalue weighted by molar-refractivity contribution is 0.135. The Kier molecular flexibility index (Phi) is 5.94. The molecule has 0 saturated carbocycles. The van der Waals surface area contributed by atoms with Gasteiger partial charge in [0.2, 0.25) is 0 Å². The monoisotopic (exact) mass is 238 g/mol. The zero-order valence-electron chi connectivity index (χ0n) is 10.9. The second kappa shape index (κ2) is 7.25. The number of nitrogens with zero attached hydrogens (tertiary/aromatic N) is 2. The summed E-state index contributed by atoms with van der Waals surface area (Å²) in [5.41, 5.74) is 0.972. The van der Waals surface area contributed by atoms with E-state index >= 15 is 0 Å². The van der Waals surface area contributed by atoms with E-state index < -0.39 is 0 Å². The molecule has 17 heavy (non-hydrogen) atoms. The summed E-state index contributed by atoms with van der Waals surface area (Å²) in [6.45, 7) is 7.84. The summed E-state index contributed by atoms with van der Waals surface area (Å²) in [5.74, 6) is 0.824. The Hall–Kier alpha value is -1.13. The average Bonchev–Trinajstić information content (AvgIpc) is 2.28. The van der Waals surface area contributed by atoms with Gasteiger partial charge in [0.1, 0.15) is 5.75 Å². The Bertz CT molecular complexity index is 312. The van der Waals surface area contributed by atoms with Crippen LogP contribution in [0.15, 0.2) is 18.3 Å². The van der Waals surface area contributed by atoms with Crippen LogP contribution < -0.4 is 0 Å². The van der Waals surface area contributed by atoms with Crippen molar-refractivity contribution in [2.24, 2.45) is 5.92 Å². The first kappa shape index (κ1) is 13.9. The van der Waals surface area contributed by atoms with E-state index in [1.807, 2.05) is 6.07 Å². The molecule has 0 aliphatic rings. The minimum absolute atomic E-state index is 0.209. The van der Waals surface area contributed by atoms with E-state index in [1.165, 1.54) is 6.20 Å². The summed E-state index contributed by atoms with van der Waals surface area (Å²) in [7, 11) is 1.71. The molecule has 1 aromatic rings. The quantitative estimate of drug-likeness (QED) is 0.788. The zero-order chi connectivity index (χ0) is 12.7. The van der Waals surface area contributed by atoms with Gasteiger partial charge >= 0.3 is 0 Å². The molecule has 0 amide bonds. The first-order valence-corrected chi connectivity index (χ1v) is 5.97. The molecule has 0 unspecified atom stereocenters. The van der Waals surface area contributed by atoms with Crippen molar-refractivity contribution >= 4 is 0 Å². The van der Waals surface area contributed by atoms with Crippen LogP contribution in [-0.4, -0.2) is 41.8 Å². The van der Waals surface area contributed by atoms with Gasteiger partial charge in [0, 0.05) is 26.7 Å². The van der Waals surface area contributed by atoms with Crippen LogP contribution >= 0.6 is 0 Å². The van der Waals surface area contributed by atoms with Crippen molar-refractivity contribution in [1.29, 1.82) is 0 Å². The third-order valence-corrected chi connectivity index (χ3v) is 2.43. The fraction of sp³-hybridized carbons (Fsp3) is 0.615. The summed E-state index contributed by atoms with van der Waals surface area (Å²) in [4.78, 5) is 6.51. The van der Waals surface area contributed by atoms with E-state index in [-0.39, 0.29) is 5.75 Å². The summed E-state index contributed by atoms with van der Waals surface area (Å²) in [6, 6.07) is 3.53. The van der Waals surface area contributed by atoms with Crippen molar-refractivity contribution in [2.45, 2.75) is 20.4 Å². The third-order valence-electron chi connectivity index (χ3n) is 2.43. The molecule has 0 bridgehead atoms. The highest BCUT2D eigenvalue weighted by Gasteiger charge is 2.08. The highest BCUT2D eigenvalue weighted by Crippen LogP contribution is 2.09. The van der Waals surface area contributed by atoms with Gasteiger partial charge < -0.3 is 9.84 Å². The highest BCUT2D eigenvalue weighted by molar-refractivity contribution is 5.17. The third kappa shape index (κ3) is 5.65. The van der Waals surface area contributed by atoms with E-state index in [9.17, 15) is 5.11 Å². The van der Waals surface area contributed by atoms with Crippen LogP contribution in [0.25, 0.3) is 0 Å². The van der Waals surface area contributed by atoms with Crippen LogP contribution in [-0.2, 0) is 11.3 Å². The Morgan fingerprint density at radius 2 is 2.18 bits per heavy atom. The van der Waals surface area contributed by atoms with E-state index in [2.05, 4.69) is 23.7 Å². The number of methoxy groups -OCH3 is 1. The zero-order valence-corrected chi connectivity index (χ0v) is 10.9. The number of pyridine rings is 1. The van der Waals surface area contributed by atoms with E-state index in [4.69, 9.17) is 4.74 Å². The molecule has 1 aromatic heterocycles. The maximum Gasteiger partial charge on any atom is 0.133 e. The van der Waals surface area contributed by atoms with Crippen LogP contribution in [0.2, 0.25) is 0 Å². The molecule has 0 fully saturated rings. The Morgan fingerprint density at radius 3 is 2.71 bits per heavy atom. The number of rotatable bonds is 7. The molecule has 0 spiro atoms. The van der Waals surface area contributed by atoms with Crippen molar-refractivity contribution in [1.82, 2.24) is 9.88 Å². The van der Waals surface area contributed by atoms with E-state index in [0.29, 0.717) is 5.92 Å². The van der Waals surface area contributed by atoms with Crippen LogP contribution in [0.1, 0.15) is 19.5 Å². The SMILES string of the molecule is COCCN(Cc1ccc(O)cn1)CC(C)C. The lowest BCUT2D eigenvalue weighted by atomic mass is 10.2. The fourth-order valence-corrected chi connectivity index (χ4v) is 1.71. The average molecular weight is 238 g/mol. The predicted octanol–water partition coefficient (Wildman–Crippen LogP) is 1.89. The standard InChI is InChI=1S/C13H22N2O2/c1-11(2)9-15(6-7-17-3)10-12-4-5-13(16)8-14-12/h4-5,8,11,16H,6-7,9-10H2,1-3H3. The van der Waals surface area contributed by atoms with Crippen molar-refractivity contribution < 1.29 is 9.84 Å². The molecule has 0 aromatic carbocycles. The smallest absolute Gasteiger partial charge is 0.133 e. The van der Waals surface area contributed by atoms with E-state index in [0.717, 1.165) is 31.9 Å². The minimum atomic E-state index is 0.209. The van der Waals surface area contributed by atoms with Gasteiger partial charge in [0.15, 0.2) is 0 Å².